The summed E-state index contributed by atoms with van der Waals surface area (Å²) < 4.78 is 0.859. The van der Waals surface area contributed by atoms with Gasteiger partial charge in [0.15, 0.2) is 0 Å². The van der Waals surface area contributed by atoms with Crippen molar-refractivity contribution in [2.24, 2.45) is 0 Å². The Balaban J connectivity index is 2.00. The fourth-order valence-electron chi connectivity index (χ4n) is 1.37. The van der Waals surface area contributed by atoms with E-state index < -0.39 is 0 Å². The summed E-state index contributed by atoms with van der Waals surface area (Å²) in [6.07, 6.45) is 3.23. The van der Waals surface area contributed by atoms with Crippen LogP contribution in [0.2, 0.25) is 0 Å². The van der Waals surface area contributed by atoms with E-state index in [0.29, 0.717) is 5.88 Å². The van der Waals surface area contributed by atoms with Crippen LogP contribution in [0, 0.1) is 0 Å². The van der Waals surface area contributed by atoms with Crippen molar-refractivity contribution in [2.75, 3.05) is 5.32 Å². The van der Waals surface area contributed by atoms with Crippen LogP contribution >= 0.6 is 27.5 Å². The molecule has 0 radical (unpaired) electrons. The Morgan fingerprint density at radius 2 is 1.88 bits per heavy atom. The number of aromatic nitrogens is 2. The zero-order valence-electron chi connectivity index (χ0n) is 9.03. The van der Waals surface area contributed by atoms with E-state index in [1.807, 2.05) is 12.1 Å². The van der Waals surface area contributed by atoms with Gasteiger partial charge in [0.25, 0.3) is 0 Å². The monoisotopic (exact) mass is 311 g/mol. The number of benzene rings is 1. The lowest BCUT2D eigenvalue weighted by molar-refractivity contribution is 1.07. The van der Waals surface area contributed by atoms with Crippen LogP contribution in [0.25, 0.3) is 0 Å². The largest absolute Gasteiger partial charge is 0.365 e. The van der Waals surface area contributed by atoms with Crippen molar-refractivity contribution in [3.05, 3.63) is 52.4 Å². The summed E-state index contributed by atoms with van der Waals surface area (Å²) in [4.78, 5) is 8.05. The molecule has 1 aromatic heterocycles. The van der Waals surface area contributed by atoms with Crippen LogP contribution in [0.1, 0.15) is 11.1 Å². The van der Waals surface area contributed by atoms with E-state index in [4.69, 9.17) is 11.6 Å². The topological polar surface area (TPSA) is 37.8 Å². The standard InChI is InChI=1S/C12H11BrClN3/c13-11-7-15-8-17-12(11)16-6-10-3-1-9(5-14)2-4-10/h1-4,7-8H,5-6H2,(H,15,16,17). The zero-order chi connectivity index (χ0) is 12.1. The molecule has 0 spiro atoms. The number of hydrogen-bond acceptors (Lipinski definition) is 3. The SMILES string of the molecule is ClCc1ccc(CNc2ncncc2Br)cc1. The van der Waals surface area contributed by atoms with Crippen molar-refractivity contribution >= 4 is 33.3 Å². The van der Waals surface area contributed by atoms with Gasteiger partial charge in [0.2, 0.25) is 0 Å². The van der Waals surface area contributed by atoms with Crippen molar-refractivity contribution in [1.82, 2.24) is 9.97 Å². The summed E-state index contributed by atoms with van der Waals surface area (Å²) in [6.45, 7) is 0.720. The molecule has 0 amide bonds. The Labute approximate surface area is 113 Å². The van der Waals surface area contributed by atoms with Gasteiger partial charge in [-0.15, -0.1) is 11.6 Å². The Bertz CT molecular complexity index is 487. The highest BCUT2D eigenvalue weighted by atomic mass is 79.9. The van der Waals surface area contributed by atoms with E-state index in [2.05, 4.69) is 43.3 Å². The van der Waals surface area contributed by atoms with Crippen molar-refractivity contribution < 1.29 is 0 Å². The third-order valence-electron chi connectivity index (χ3n) is 2.30. The van der Waals surface area contributed by atoms with E-state index in [9.17, 15) is 0 Å². The third-order valence-corrected chi connectivity index (χ3v) is 3.19. The Morgan fingerprint density at radius 3 is 2.53 bits per heavy atom. The highest BCUT2D eigenvalue weighted by Gasteiger charge is 2.00. The molecule has 2 aromatic rings. The number of halogens is 2. The summed E-state index contributed by atoms with van der Waals surface area (Å²) in [5.74, 6) is 1.34. The van der Waals surface area contributed by atoms with Crippen molar-refractivity contribution in [3.63, 3.8) is 0 Å². The lowest BCUT2D eigenvalue weighted by atomic mass is 10.1. The highest BCUT2D eigenvalue weighted by Crippen LogP contribution is 2.18. The fourth-order valence-corrected chi connectivity index (χ4v) is 1.91. The molecule has 0 unspecified atom stereocenters. The van der Waals surface area contributed by atoms with Gasteiger partial charge in [0, 0.05) is 18.6 Å². The summed E-state index contributed by atoms with van der Waals surface area (Å²) >= 11 is 9.12. The Kier molecular flexibility index (Phi) is 4.34. The van der Waals surface area contributed by atoms with E-state index in [-0.39, 0.29) is 0 Å². The first-order chi connectivity index (χ1) is 8.29. The smallest absolute Gasteiger partial charge is 0.144 e. The molecule has 0 aliphatic heterocycles. The second-order valence-electron chi connectivity index (χ2n) is 3.52. The molecule has 1 aromatic carbocycles. The summed E-state index contributed by atoms with van der Waals surface area (Å²) in [7, 11) is 0. The number of anilines is 1. The minimum Gasteiger partial charge on any atom is -0.365 e. The molecule has 0 saturated carbocycles. The predicted molar refractivity (Wildman–Crippen MR) is 73.1 cm³/mol. The van der Waals surface area contributed by atoms with Crippen molar-refractivity contribution in [2.45, 2.75) is 12.4 Å². The molecular formula is C12H11BrClN3. The second-order valence-corrected chi connectivity index (χ2v) is 4.64. The summed E-state index contributed by atoms with van der Waals surface area (Å²) in [5, 5.41) is 3.24. The summed E-state index contributed by atoms with van der Waals surface area (Å²) in [6, 6.07) is 8.16. The minimum absolute atomic E-state index is 0.547. The van der Waals surface area contributed by atoms with Gasteiger partial charge in [0.05, 0.1) is 4.47 Å². The van der Waals surface area contributed by atoms with Gasteiger partial charge in [-0.1, -0.05) is 24.3 Å². The van der Waals surface area contributed by atoms with Gasteiger partial charge < -0.3 is 5.32 Å². The minimum atomic E-state index is 0.547. The van der Waals surface area contributed by atoms with Gasteiger partial charge in [-0.2, -0.15) is 0 Å². The van der Waals surface area contributed by atoms with Crippen LogP contribution in [-0.4, -0.2) is 9.97 Å². The highest BCUT2D eigenvalue weighted by molar-refractivity contribution is 9.10. The number of hydrogen-bond donors (Lipinski definition) is 1. The van der Waals surface area contributed by atoms with E-state index in [0.717, 1.165) is 22.4 Å². The lowest BCUT2D eigenvalue weighted by Gasteiger charge is -2.07. The molecule has 1 heterocycles. The average Bonchev–Trinajstić information content (AvgIpc) is 2.38. The fraction of sp³-hybridized carbons (Fsp3) is 0.167. The van der Waals surface area contributed by atoms with E-state index in [1.165, 1.54) is 11.9 Å². The molecular weight excluding hydrogens is 302 g/mol. The molecule has 0 fully saturated rings. The van der Waals surface area contributed by atoms with Crippen LogP contribution in [0.5, 0.6) is 0 Å². The van der Waals surface area contributed by atoms with Gasteiger partial charge in [-0.25, -0.2) is 9.97 Å². The molecule has 1 N–H and O–H groups in total. The Morgan fingerprint density at radius 1 is 1.18 bits per heavy atom. The quantitative estimate of drug-likeness (QED) is 0.877. The maximum atomic E-state index is 5.73. The first kappa shape index (κ1) is 12.3. The molecule has 2 rings (SSSR count). The van der Waals surface area contributed by atoms with Crippen molar-refractivity contribution in [3.8, 4) is 0 Å². The molecule has 88 valence electrons. The molecule has 0 bridgehead atoms. The third kappa shape index (κ3) is 3.41. The van der Waals surface area contributed by atoms with E-state index >= 15 is 0 Å². The second kappa shape index (κ2) is 5.98. The van der Waals surface area contributed by atoms with Gasteiger partial charge in [0.1, 0.15) is 12.1 Å². The predicted octanol–water partition coefficient (Wildman–Crippen LogP) is 3.59. The maximum absolute atomic E-state index is 5.73. The van der Waals surface area contributed by atoms with Crippen LogP contribution in [-0.2, 0) is 12.4 Å². The molecule has 0 aliphatic rings. The maximum Gasteiger partial charge on any atom is 0.144 e. The molecule has 17 heavy (non-hydrogen) atoms. The first-order valence-electron chi connectivity index (χ1n) is 5.13. The van der Waals surface area contributed by atoms with Crippen LogP contribution in [0.4, 0.5) is 5.82 Å². The van der Waals surface area contributed by atoms with Crippen molar-refractivity contribution in [1.29, 1.82) is 0 Å². The lowest BCUT2D eigenvalue weighted by Crippen LogP contribution is -2.02. The zero-order valence-corrected chi connectivity index (χ0v) is 11.4. The number of nitrogens with one attached hydrogen (secondary N) is 1. The van der Waals surface area contributed by atoms with Crippen LogP contribution in [0.15, 0.2) is 41.3 Å². The molecule has 0 saturated heterocycles. The number of alkyl halides is 1. The molecule has 0 atom stereocenters. The first-order valence-corrected chi connectivity index (χ1v) is 6.45. The normalized spacial score (nSPS) is 10.2. The Hall–Kier alpha value is -1.13. The van der Waals surface area contributed by atoms with Gasteiger partial charge in [-0.05, 0) is 27.1 Å². The number of rotatable bonds is 4. The van der Waals surface area contributed by atoms with Gasteiger partial charge >= 0.3 is 0 Å². The molecule has 5 heteroatoms. The number of nitrogens with zero attached hydrogens (tertiary/aromatic N) is 2. The van der Waals surface area contributed by atoms with E-state index in [1.54, 1.807) is 6.20 Å². The summed E-state index contributed by atoms with van der Waals surface area (Å²) in [5.41, 5.74) is 2.31. The average molecular weight is 313 g/mol. The van der Waals surface area contributed by atoms with Gasteiger partial charge in [-0.3, -0.25) is 0 Å². The molecule has 0 aliphatic carbocycles. The molecule has 3 nitrogen and oxygen atoms in total. The van der Waals surface area contributed by atoms with Crippen LogP contribution in [0.3, 0.4) is 0 Å². The van der Waals surface area contributed by atoms with Crippen LogP contribution < -0.4 is 5.32 Å².